The van der Waals surface area contributed by atoms with E-state index in [0.29, 0.717) is 5.76 Å². The van der Waals surface area contributed by atoms with Crippen molar-refractivity contribution in [2.75, 3.05) is 38.5 Å². The van der Waals surface area contributed by atoms with Crippen LogP contribution in [0.2, 0.25) is 0 Å². The zero-order chi connectivity index (χ0) is 18.7. The van der Waals surface area contributed by atoms with Gasteiger partial charge in [0, 0.05) is 44.0 Å². The van der Waals surface area contributed by atoms with Crippen molar-refractivity contribution in [3.8, 4) is 0 Å². The summed E-state index contributed by atoms with van der Waals surface area (Å²) in [6, 6.07) is 8.13. The van der Waals surface area contributed by atoms with E-state index < -0.39 is 0 Å². The molecule has 0 radical (unpaired) electrons. The van der Waals surface area contributed by atoms with Gasteiger partial charge in [0.1, 0.15) is 5.76 Å². The molecular formula is C20H28N4O2. The van der Waals surface area contributed by atoms with Crippen molar-refractivity contribution in [2.45, 2.75) is 33.2 Å². The van der Waals surface area contributed by atoms with Gasteiger partial charge in [-0.1, -0.05) is 17.3 Å². The first-order valence-corrected chi connectivity index (χ1v) is 9.17. The molecular weight excluding hydrogens is 328 g/mol. The number of amides is 1. The second kappa shape index (κ2) is 8.01. The van der Waals surface area contributed by atoms with Gasteiger partial charge in [0.2, 0.25) is 5.91 Å². The molecule has 0 aliphatic carbocycles. The monoisotopic (exact) mass is 356 g/mol. The Kier molecular flexibility index (Phi) is 5.74. The fourth-order valence-electron chi connectivity index (χ4n) is 3.45. The topological polar surface area (TPSA) is 61.6 Å². The van der Waals surface area contributed by atoms with Crippen molar-refractivity contribution in [3.63, 3.8) is 0 Å². The Labute approximate surface area is 155 Å². The number of hydrogen-bond acceptors (Lipinski definition) is 5. The van der Waals surface area contributed by atoms with Gasteiger partial charge < -0.3 is 14.7 Å². The number of carbonyl (C=O) groups is 1. The van der Waals surface area contributed by atoms with Gasteiger partial charge in [-0.05, 0) is 45.5 Å². The summed E-state index contributed by atoms with van der Waals surface area (Å²) in [6.07, 6.45) is 0. The lowest BCUT2D eigenvalue weighted by molar-refractivity contribution is -0.117. The van der Waals surface area contributed by atoms with Gasteiger partial charge >= 0.3 is 0 Å². The number of carbonyl (C=O) groups excluding carboxylic acids is 1. The van der Waals surface area contributed by atoms with Crippen molar-refractivity contribution in [3.05, 3.63) is 46.8 Å². The van der Waals surface area contributed by atoms with Gasteiger partial charge in [-0.25, -0.2) is 0 Å². The predicted molar refractivity (Wildman–Crippen MR) is 102 cm³/mol. The number of aromatic nitrogens is 1. The molecule has 26 heavy (non-hydrogen) atoms. The van der Waals surface area contributed by atoms with Crippen LogP contribution in [0, 0.1) is 13.8 Å². The van der Waals surface area contributed by atoms with Crippen LogP contribution < -0.4 is 5.32 Å². The summed E-state index contributed by atoms with van der Waals surface area (Å²) >= 11 is 0. The van der Waals surface area contributed by atoms with Crippen LogP contribution in [0.1, 0.15) is 35.4 Å². The van der Waals surface area contributed by atoms with E-state index in [1.165, 1.54) is 5.56 Å². The molecule has 1 aliphatic heterocycles. The molecule has 140 valence electrons. The summed E-state index contributed by atoms with van der Waals surface area (Å²) in [6.45, 7) is 11.0. The highest BCUT2D eigenvalue weighted by atomic mass is 16.5. The van der Waals surface area contributed by atoms with Crippen LogP contribution >= 0.6 is 0 Å². The number of nitrogens with one attached hydrogen (secondary N) is 1. The van der Waals surface area contributed by atoms with Crippen LogP contribution in [0.25, 0.3) is 0 Å². The molecule has 0 bridgehead atoms. The number of piperazine rings is 1. The van der Waals surface area contributed by atoms with Crippen molar-refractivity contribution in [2.24, 2.45) is 0 Å². The minimum absolute atomic E-state index is 0.0498. The zero-order valence-electron chi connectivity index (χ0n) is 16.1. The molecule has 2 aromatic rings. The molecule has 1 aromatic heterocycles. The van der Waals surface area contributed by atoms with E-state index in [0.717, 1.165) is 49.7 Å². The fraction of sp³-hybridized carbons (Fsp3) is 0.500. The van der Waals surface area contributed by atoms with E-state index in [9.17, 15) is 4.79 Å². The number of rotatable bonds is 5. The first kappa shape index (κ1) is 18.6. The van der Waals surface area contributed by atoms with Crippen LogP contribution in [0.15, 0.2) is 28.8 Å². The summed E-state index contributed by atoms with van der Waals surface area (Å²) in [7, 11) is 2.17. The lowest BCUT2D eigenvalue weighted by atomic mass is 9.98. The Morgan fingerprint density at radius 3 is 2.42 bits per heavy atom. The Hall–Kier alpha value is -2.18. The van der Waals surface area contributed by atoms with Crippen molar-refractivity contribution in [1.82, 2.24) is 15.0 Å². The molecule has 1 aromatic carbocycles. The molecule has 2 heterocycles. The van der Waals surface area contributed by atoms with Crippen LogP contribution in [-0.2, 0) is 11.3 Å². The summed E-state index contributed by atoms with van der Waals surface area (Å²) in [5.41, 5.74) is 3.73. The third-order valence-electron chi connectivity index (χ3n) is 5.14. The zero-order valence-corrected chi connectivity index (χ0v) is 16.1. The number of benzene rings is 1. The van der Waals surface area contributed by atoms with E-state index >= 15 is 0 Å². The van der Waals surface area contributed by atoms with Gasteiger partial charge in [0.25, 0.3) is 0 Å². The lowest BCUT2D eigenvalue weighted by Gasteiger charge is -2.32. The molecule has 1 aliphatic rings. The van der Waals surface area contributed by atoms with E-state index in [1.807, 2.05) is 32.9 Å². The van der Waals surface area contributed by atoms with Gasteiger partial charge in [0.05, 0.1) is 11.6 Å². The van der Waals surface area contributed by atoms with Gasteiger partial charge in [-0.15, -0.1) is 0 Å². The van der Waals surface area contributed by atoms with Crippen LogP contribution in [0.5, 0.6) is 0 Å². The summed E-state index contributed by atoms with van der Waals surface area (Å²) in [4.78, 5) is 17.4. The summed E-state index contributed by atoms with van der Waals surface area (Å²) in [5, 5.41) is 6.93. The molecule has 6 heteroatoms. The Bertz CT molecular complexity index is 726. The molecule has 3 rings (SSSR count). The Morgan fingerprint density at radius 2 is 1.85 bits per heavy atom. The normalized spacial score (nSPS) is 17.2. The van der Waals surface area contributed by atoms with Crippen molar-refractivity contribution < 1.29 is 9.32 Å². The number of anilines is 1. The Balaban J connectivity index is 1.58. The average molecular weight is 356 g/mol. The molecule has 1 atom stereocenters. The maximum Gasteiger partial charge on any atom is 0.231 e. The minimum Gasteiger partial charge on any atom is -0.361 e. The van der Waals surface area contributed by atoms with Crippen LogP contribution in [-0.4, -0.2) is 54.1 Å². The van der Waals surface area contributed by atoms with E-state index in [1.54, 1.807) is 0 Å². The number of nitrogens with zero attached hydrogens (tertiary/aromatic N) is 3. The SMILES string of the molecule is Cc1noc(C)c1C(C)C(=O)Nc1ccc(CN2CCN(C)CC2)cc1. The molecule has 0 saturated carbocycles. The first-order chi connectivity index (χ1) is 12.4. The minimum atomic E-state index is -0.300. The number of likely N-dealkylation sites (N-methyl/N-ethyl adjacent to an activating group) is 1. The molecule has 1 N–H and O–H groups in total. The number of aryl methyl sites for hydroxylation is 2. The van der Waals surface area contributed by atoms with Gasteiger partial charge in [-0.2, -0.15) is 0 Å². The highest BCUT2D eigenvalue weighted by molar-refractivity contribution is 5.95. The van der Waals surface area contributed by atoms with E-state index in [-0.39, 0.29) is 11.8 Å². The maximum absolute atomic E-state index is 12.6. The quantitative estimate of drug-likeness (QED) is 0.893. The Morgan fingerprint density at radius 1 is 1.19 bits per heavy atom. The highest BCUT2D eigenvalue weighted by Gasteiger charge is 2.23. The van der Waals surface area contributed by atoms with Crippen LogP contribution in [0.4, 0.5) is 5.69 Å². The smallest absolute Gasteiger partial charge is 0.231 e. The van der Waals surface area contributed by atoms with Crippen molar-refractivity contribution >= 4 is 11.6 Å². The molecule has 1 saturated heterocycles. The van der Waals surface area contributed by atoms with E-state index in [4.69, 9.17) is 4.52 Å². The second-order valence-corrected chi connectivity index (χ2v) is 7.23. The third kappa shape index (κ3) is 4.31. The first-order valence-electron chi connectivity index (χ1n) is 9.17. The largest absolute Gasteiger partial charge is 0.361 e. The molecule has 1 unspecified atom stereocenters. The molecule has 0 spiro atoms. The predicted octanol–water partition coefficient (Wildman–Crippen LogP) is 2.78. The molecule has 1 amide bonds. The van der Waals surface area contributed by atoms with Gasteiger partial charge in [0.15, 0.2) is 0 Å². The summed E-state index contributed by atoms with van der Waals surface area (Å²) in [5.74, 6) is 0.352. The molecule has 1 fully saturated rings. The number of hydrogen-bond donors (Lipinski definition) is 1. The molecule has 6 nitrogen and oxygen atoms in total. The van der Waals surface area contributed by atoms with E-state index in [2.05, 4.69) is 39.5 Å². The van der Waals surface area contributed by atoms with Crippen LogP contribution in [0.3, 0.4) is 0 Å². The summed E-state index contributed by atoms with van der Waals surface area (Å²) < 4.78 is 5.17. The average Bonchev–Trinajstić information content (AvgIpc) is 2.96. The highest BCUT2D eigenvalue weighted by Crippen LogP contribution is 2.24. The second-order valence-electron chi connectivity index (χ2n) is 7.23. The third-order valence-corrected chi connectivity index (χ3v) is 5.14. The standard InChI is InChI=1S/C20H28N4O2/c1-14(19-15(2)22-26-16(19)3)20(25)21-18-7-5-17(6-8-18)13-24-11-9-23(4)10-12-24/h5-8,14H,9-13H2,1-4H3,(H,21,25). The lowest BCUT2D eigenvalue weighted by Crippen LogP contribution is -2.43. The van der Waals surface area contributed by atoms with Gasteiger partial charge in [-0.3, -0.25) is 9.69 Å². The van der Waals surface area contributed by atoms with Crippen molar-refractivity contribution in [1.29, 1.82) is 0 Å². The fourth-order valence-corrected chi connectivity index (χ4v) is 3.45. The maximum atomic E-state index is 12.6.